The zero-order valence-electron chi connectivity index (χ0n) is 12.1. The molecule has 110 valence electrons. The second-order valence-corrected chi connectivity index (χ2v) is 6.35. The maximum atomic E-state index is 12.4. The van der Waals surface area contributed by atoms with Crippen molar-refractivity contribution in [1.29, 1.82) is 0 Å². The summed E-state index contributed by atoms with van der Waals surface area (Å²) in [5, 5.41) is 4.41. The number of carbonyl (C=O) groups is 1. The molecule has 0 spiro atoms. The molecule has 0 saturated carbocycles. The van der Waals surface area contributed by atoms with E-state index in [1.54, 1.807) is 0 Å². The van der Waals surface area contributed by atoms with Crippen molar-refractivity contribution in [1.82, 2.24) is 15.2 Å². The number of benzene rings is 1. The average molecular weight is 283 g/mol. The number of hydrogen-bond donors (Lipinski definition) is 2. The molecule has 1 atom stereocenters. The van der Waals surface area contributed by atoms with E-state index in [4.69, 9.17) is 0 Å². The zero-order chi connectivity index (χ0) is 14.2. The lowest BCUT2D eigenvalue weighted by Gasteiger charge is -2.44. The first-order chi connectivity index (χ1) is 10.3. The van der Waals surface area contributed by atoms with E-state index in [0.29, 0.717) is 18.4 Å². The van der Waals surface area contributed by atoms with Gasteiger partial charge in [-0.2, -0.15) is 0 Å². The third-order valence-electron chi connectivity index (χ3n) is 5.03. The summed E-state index contributed by atoms with van der Waals surface area (Å²) in [5.41, 5.74) is 2.19. The average Bonchev–Trinajstić information content (AvgIpc) is 2.92. The van der Waals surface area contributed by atoms with Crippen LogP contribution in [0.25, 0.3) is 10.9 Å². The second kappa shape index (κ2) is 5.19. The van der Waals surface area contributed by atoms with Crippen molar-refractivity contribution >= 4 is 16.8 Å². The van der Waals surface area contributed by atoms with Crippen LogP contribution in [0.5, 0.6) is 0 Å². The summed E-state index contributed by atoms with van der Waals surface area (Å²) >= 11 is 0. The van der Waals surface area contributed by atoms with Crippen LogP contribution in [0, 0.1) is 5.92 Å². The maximum Gasteiger partial charge on any atom is 0.224 e. The largest absolute Gasteiger partial charge is 0.361 e. The molecule has 2 N–H and O–H groups in total. The number of rotatable bonds is 3. The Kier molecular flexibility index (Phi) is 3.19. The first-order valence-corrected chi connectivity index (χ1v) is 7.86. The summed E-state index contributed by atoms with van der Waals surface area (Å²) in [5.74, 6) is 0.834. The molecule has 0 aliphatic carbocycles. The minimum absolute atomic E-state index is 0.151. The number of aromatic nitrogens is 1. The van der Waals surface area contributed by atoms with Gasteiger partial charge < -0.3 is 15.2 Å². The van der Waals surface area contributed by atoms with Gasteiger partial charge in [0.25, 0.3) is 0 Å². The van der Waals surface area contributed by atoms with Gasteiger partial charge in [0.2, 0.25) is 5.91 Å². The summed E-state index contributed by atoms with van der Waals surface area (Å²) in [6.07, 6.45) is 4.89. The third-order valence-corrected chi connectivity index (χ3v) is 5.03. The Balaban J connectivity index is 1.44. The highest BCUT2D eigenvalue weighted by Crippen LogP contribution is 2.27. The smallest absolute Gasteiger partial charge is 0.224 e. The number of H-pyrrole nitrogens is 1. The van der Waals surface area contributed by atoms with Gasteiger partial charge in [-0.15, -0.1) is 0 Å². The van der Waals surface area contributed by atoms with E-state index in [-0.39, 0.29) is 5.91 Å². The van der Waals surface area contributed by atoms with E-state index >= 15 is 0 Å². The molecule has 3 fully saturated rings. The summed E-state index contributed by atoms with van der Waals surface area (Å²) in [6.45, 7) is 3.45. The number of nitrogens with one attached hydrogen (secondary N) is 2. The standard InChI is InChI=1S/C17H21N3O/c21-17(19-16-11-20-7-5-12(16)6-8-20)9-13-10-18-15-4-2-1-3-14(13)15/h1-4,10,12,16,18H,5-9,11H2,(H,19,21). The maximum absolute atomic E-state index is 12.4. The summed E-state index contributed by atoms with van der Waals surface area (Å²) in [6, 6.07) is 8.50. The van der Waals surface area contributed by atoms with Gasteiger partial charge in [0.1, 0.15) is 0 Å². The molecule has 4 heteroatoms. The number of aromatic amines is 1. The van der Waals surface area contributed by atoms with Crippen LogP contribution < -0.4 is 5.32 Å². The summed E-state index contributed by atoms with van der Waals surface area (Å²) < 4.78 is 0. The fourth-order valence-electron chi connectivity index (χ4n) is 3.84. The number of hydrogen-bond acceptors (Lipinski definition) is 2. The van der Waals surface area contributed by atoms with Crippen molar-refractivity contribution in [2.45, 2.75) is 25.3 Å². The molecule has 3 aliphatic rings. The minimum Gasteiger partial charge on any atom is -0.361 e. The third kappa shape index (κ3) is 2.44. The number of fused-ring (bicyclic) bond motifs is 4. The van der Waals surface area contributed by atoms with Gasteiger partial charge in [-0.25, -0.2) is 0 Å². The number of amides is 1. The molecule has 3 aliphatic heterocycles. The van der Waals surface area contributed by atoms with Gasteiger partial charge >= 0.3 is 0 Å². The van der Waals surface area contributed by atoms with Crippen LogP contribution in [0.3, 0.4) is 0 Å². The molecule has 1 amide bonds. The Hall–Kier alpha value is -1.81. The Morgan fingerprint density at radius 1 is 1.29 bits per heavy atom. The first kappa shape index (κ1) is 12.9. The van der Waals surface area contributed by atoms with Gasteiger partial charge in [-0.05, 0) is 43.5 Å². The van der Waals surface area contributed by atoms with Crippen molar-refractivity contribution in [2.24, 2.45) is 5.92 Å². The van der Waals surface area contributed by atoms with Crippen LogP contribution >= 0.6 is 0 Å². The lowest BCUT2D eigenvalue weighted by atomic mass is 9.84. The molecule has 2 bridgehead atoms. The van der Waals surface area contributed by atoms with Crippen LogP contribution in [0.2, 0.25) is 0 Å². The number of carbonyl (C=O) groups excluding carboxylic acids is 1. The molecule has 1 aromatic carbocycles. The van der Waals surface area contributed by atoms with Gasteiger partial charge in [-0.1, -0.05) is 18.2 Å². The molecule has 0 radical (unpaired) electrons. The van der Waals surface area contributed by atoms with Crippen LogP contribution in [-0.4, -0.2) is 41.5 Å². The van der Waals surface area contributed by atoms with Crippen molar-refractivity contribution in [3.63, 3.8) is 0 Å². The van der Waals surface area contributed by atoms with Gasteiger partial charge in [-0.3, -0.25) is 4.79 Å². The Labute approximate surface area is 124 Å². The van der Waals surface area contributed by atoms with Crippen LogP contribution in [-0.2, 0) is 11.2 Å². The van der Waals surface area contributed by atoms with Gasteiger partial charge in [0.15, 0.2) is 0 Å². The molecule has 4 heterocycles. The van der Waals surface area contributed by atoms with E-state index in [1.807, 2.05) is 24.4 Å². The van der Waals surface area contributed by atoms with Crippen molar-refractivity contribution in [2.75, 3.05) is 19.6 Å². The number of piperidine rings is 3. The highest BCUT2D eigenvalue weighted by molar-refractivity contribution is 5.88. The second-order valence-electron chi connectivity index (χ2n) is 6.35. The Morgan fingerprint density at radius 2 is 2.10 bits per heavy atom. The van der Waals surface area contributed by atoms with Crippen LogP contribution in [0.4, 0.5) is 0 Å². The van der Waals surface area contributed by atoms with Crippen LogP contribution in [0.15, 0.2) is 30.5 Å². The lowest BCUT2D eigenvalue weighted by Crippen LogP contribution is -2.57. The molecule has 4 nitrogen and oxygen atoms in total. The Morgan fingerprint density at radius 3 is 2.86 bits per heavy atom. The van der Waals surface area contributed by atoms with E-state index < -0.39 is 0 Å². The highest BCUT2D eigenvalue weighted by Gasteiger charge is 2.34. The minimum atomic E-state index is 0.151. The van der Waals surface area contributed by atoms with Crippen molar-refractivity contribution in [3.8, 4) is 0 Å². The van der Waals surface area contributed by atoms with Gasteiger partial charge in [0, 0.05) is 29.7 Å². The molecular weight excluding hydrogens is 262 g/mol. The molecule has 1 unspecified atom stereocenters. The summed E-state index contributed by atoms with van der Waals surface area (Å²) in [7, 11) is 0. The fourth-order valence-corrected chi connectivity index (χ4v) is 3.84. The van der Waals surface area contributed by atoms with Gasteiger partial charge in [0.05, 0.1) is 6.42 Å². The van der Waals surface area contributed by atoms with Crippen LogP contribution in [0.1, 0.15) is 18.4 Å². The quantitative estimate of drug-likeness (QED) is 0.904. The normalized spacial score (nSPS) is 27.9. The van der Waals surface area contributed by atoms with E-state index in [1.165, 1.54) is 25.9 Å². The predicted octanol–water partition coefficient (Wildman–Crippen LogP) is 1.92. The molecule has 21 heavy (non-hydrogen) atoms. The van der Waals surface area contributed by atoms with E-state index in [9.17, 15) is 4.79 Å². The summed E-state index contributed by atoms with van der Waals surface area (Å²) in [4.78, 5) is 18.1. The SMILES string of the molecule is O=C(Cc1c[nH]c2ccccc12)NC1CN2CCC1CC2. The first-order valence-electron chi connectivity index (χ1n) is 7.86. The zero-order valence-corrected chi connectivity index (χ0v) is 12.1. The Bertz CT molecular complexity index is 655. The predicted molar refractivity (Wildman–Crippen MR) is 83.1 cm³/mol. The molecule has 3 saturated heterocycles. The monoisotopic (exact) mass is 283 g/mol. The van der Waals surface area contributed by atoms with Crippen molar-refractivity contribution < 1.29 is 4.79 Å². The number of nitrogens with zero attached hydrogens (tertiary/aromatic N) is 1. The fraction of sp³-hybridized carbons (Fsp3) is 0.471. The molecular formula is C17H21N3O. The topological polar surface area (TPSA) is 48.1 Å². The van der Waals surface area contributed by atoms with Crippen molar-refractivity contribution in [3.05, 3.63) is 36.0 Å². The lowest BCUT2D eigenvalue weighted by molar-refractivity contribution is -0.122. The highest BCUT2D eigenvalue weighted by atomic mass is 16.1. The number of para-hydroxylation sites is 1. The van der Waals surface area contributed by atoms with E-state index in [0.717, 1.165) is 23.0 Å². The molecule has 2 aromatic rings. The molecule has 5 rings (SSSR count). The molecule has 1 aromatic heterocycles. The van der Waals surface area contributed by atoms with E-state index in [2.05, 4.69) is 21.3 Å².